The summed E-state index contributed by atoms with van der Waals surface area (Å²) in [4.78, 5) is 131. The van der Waals surface area contributed by atoms with Crippen LogP contribution in [0.25, 0.3) is 11.1 Å². The Balaban J connectivity index is 1.24. The zero-order valence-corrected chi connectivity index (χ0v) is 49.9. The number of aliphatic carboxylic acids is 2. The monoisotopic (exact) mass is 1180 g/mol. The van der Waals surface area contributed by atoms with Gasteiger partial charge >= 0.3 is 11.9 Å². The number of nitrogens with two attached hydrogens (primary N) is 1. The van der Waals surface area contributed by atoms with Crippen LogP contribution in [0.15, 0.2) is 60.8 Å². The largest absolute Gasteiger partial charge is 0.481 e. The van der Waals surface area contributed by atoms with Crippen molar-refractivity contribution < 1.29 is 66.9 Å². The van der Waals surface area contributed by atoms with Crippen LogP contribution in [0.5, 0.6) is 0 Å². The van der Waals surface area contributed by atoms with Gasteiger partial charge in [-0.25, -0.2) is 13.6 Å². The molecule has 0 bridgehead atoms. The molecule has 22 heteroatoms. The molecule has 18 nitrogen and oxygen atoms in total. The predicted octanol–water partition coefficient (Wildman–Crippen LogP) is 7.87. The molecule has 0 aliphatic carbocycles. The van der Waals surface area contributed by atoms with Crippen LogP contribution >= 0.6 is 23.5 Å². The molecule has 6 N–H and O–H groups in total. The minimum atomic E-state index is -1.42. The molecular formula is C60H82F2N6O12S2. The SMILES string of the molecule is CC1CC(=O)N(CCCCCC(=O)C[C@H](C(=O)N[C@@H](C)C(=O)C[C@@H](CSCC(=O)CC[C@@H](NC(=O)CCSCC(=O)N(CCCN)[C@@H](c2cc(-c3cc(F)ccc3F)cn2Cc2ccccc2)C(C)(C)C)C(=O)O)C(=O)O)C(C)C)C1=O. The van der Waals surface area contributed by atoms with E-state index >= 15 is 4.39 Å². The minimum Gasteiger partial charge on any atom is -0.481 e. The highest BCUT2D eigenvalue weighted by molar-refractivity contribution is 8.00. The average Bonchev–Trinajstić information content (AvgIpc) is 4.14. The number of carbonyl (C=O) groups is 10. The summed E-state index contributed by atoms with van der Waals surface area (Å²) < 4.78 is 31.6. The molecule has 2 aromatic carbocycles. The lowest BCUT2D eigenvalue weighted by Crippen LogP contribution is -2.44. The summed E-state index contributed by atoms with van der Waals surface area (Å²) in [7, 11) is 0. The van der Waals surface area contributed by atoms with Gasteiger partial charge in [-0.3, -0.25) is 48.1 Å². The van der Waals surface area contributed by atoms with E-state index in [-0.39, 0.29) is 109 Å². The minimum absolute atomic E-state index is 0.0432. The van der Waals surface area contributed by atoms with E-state index in [0.29, 0.717) is 56.6 Å². The lowest BCUT2D eigenvalue weighted by molar-refractivity contribution is -0.143. The molecule has 0 spiro atoms. The fourth-order valence-electron chi connectivity index (χ4n) is 9.76. The van der Waals surface area contributed by atoms with Crippen LogP contribution in [0.3, 0.4) is 0 Å². The molecule has 82 heavy (non-hydrogen) atoms. The molecule has 1 aliphatic heterocycles. The second-order valence-corrected chi connectivity index (χ2v) is 24.7. The normalized spacial score (nSPS) is 15.4. The van der Waals surface area contributed by atoms with E-state index in [1.807, 2.05) is 55.7 Å². The number of carbonyl (C=O) groups excluding carboxylic acids is 8. The summed E-state index contributed by atoms with van der Waals surface area (Å²) in [5, 5.41) is 24.9. The van der Waals surface area contributed by atoms with Crippen molar-refractivity contribution in [3.05, 3.63) is 83.7 Å². The number of halogens is 2. The number of Topliss-reactive ketones (excluding diaryl/α,β-unsaturated/α-hetero) is 3. The van der Waals surface area contributed by atoms with Gasteiger partial charge < -0.3 is 36.0 Å². The Hall–Kier alpha value is -6.26. The first-order valence-electron chi connectivity index (χ1n) is 28.0. The van der Waals surface area contributed by atoms with Gasteiger partial charge in [0.25, 0.3) is 0 Å². The second-order valence-electron chi connectivity index (χ2n) is 22.6. The van der Waals surface area contributed by atoms with Crippen molar-refractivity contribution in [1.29, 1.82) is 0 Å². The van der Waals surface area contributed by atoms with E-state index < -0.39 is 88.8 Å². The van der Waals surface area contributed by atoms with Crippen LogP contribution in [0.1, 0.15) is 136 Å². The zero-order valence-electron chi connectivity index (χ0n) is 48.2. The predicted molar refractivity (Wildman–Crippen MR) is 311 cm³/mol. The van der Waals surface area contributed by atoms with Crippen molar-refractivity contribution in [2.75, 3.05) is 42.6 Å². The highest BCUT2D eigenvalue weighted by Crippen LogP contribution is 2.41. The van der Waals surface area contributed by atoms with Crippen molar-refractivity contribution in [1.82, 2.24) is 25.0 Å². The topological polar surface area (TPSA) is 273 Å². The van der Waals surface area contributed by atoms with Gasteiger partial charge in [-0.2, -0.15) is 23.5 Å². The van der Waals surface area contributed by atoms with Crippen molar-refractivity contribution in [2.24, 2.45) is 34.8 Å². The third kappa shape index (κ3) is 21.5. The van der Waals surface area contributed by atoms with Crippen LogP contribution in [0, 0.1) is 40.7 Å². The van der Waals surface area contributed by atoms with Crippen LogP contribution in [-0.2, 0) is 54.5 Å². The fraction of sp³-hybridized carbons (Fsp3) is 0.567. The fourth-order valence-corrected chi connectivity index (χ4v) is 11.6. The number of nitrogens with zero attached hydrogens (tertiary/aromatic N) is 3. The summed E-state index contributed by atoms with van der Waals surface area (Å²) in [5.41, 5.74) is 7.54. The lowest BCUT2D eigenvalue weighted by Gasteiger charge is -2.41. The number of amides is 5. The number of hydrogen-bond donors (Lipinski definition) is 5. The molecular weight excluding hydrogens is 1100 g/mol. The van der Waals surface area contributed by atoms with Gasteiger partial charge in [-0.15, -0.1) is 0 Å². The first kappa shape index (κ1) is 68.2. The van der Waals surface area contributed by atoms with Crippen LogP contribution in [0.4, 0.5) is 8.78 Å². The number of benzene rings is 2. The quantitative estimate of drug-likeness (QED) is 0.0271. The molecule has 450 valence electrons. The van der Waals surface area contributed by atoms with Gasteiger partial charge in [0.2, 0.25) is 29.5 Å². The second kappa shape index (κ2) is 33.1. The smallest absolute Gasteiger partial charge is 0.326 e. The average molecular weight is 1180 g/mol. The van der Waals surface area contributed by atoms with Gasteiger partial charge in [-0.1, -0.05) is 78.3 Å². The van der Waals surface area contributed by atoms with E-state index in [1.54, 1.807) is 37.9 Å². The molecule has 2 heterocycles. The zero-order chi connectivity index (χ0) is 60.8. The molecule has 1 fully saturated rings. The first-order chi connectivity index (χ1) is 38.7. The molecule has 5 amide bonds. The third-order valence-electron chi connectivity index (χ3n) is 14.4. The summed E-state index contributed by atoms with van der Waals surface area (Å²) in [6, 6.07) is 11.6. The highest BCUT2D eigenvalue weighted by Gasteiger charge is 2.38. The summed E-state index contributed by atoms with van der Waals surface area (Å²) in [5.74, 6) is -9.50. The van der Waals surface area contributed by atoms with Crippen LogP contribution < -0.4 is 16.4 Å². The summed E-state index contributed by atoms with van der Waals surface area (Å²) in [6.45, 7) is 13.9. The third-order valence-corrected chi connectivity index (χ3v) is 16.5. The Morgan fingerprint density at radius 2 is 1.54 bits per heavy atom. The lowest BCUT2D eigenvalue weighted by atomic mass is 9.83. The van der Waals surface area contributed by atoms with Gasteiger partial charge in [0.1, 0.15) is 29.2 Å². The van der Waals surface area contributed by atoms with Gasteiger partial charge in [-0.05, 0) is 80.3 Å². The molecule has 1 saturated heterocycles. The Kier molecular flexibility index (Phi) is 27.6. The number of carboxylic acids is 2. The van der Waals surface area contributed by atoms with Crippen molar-refractivity contribution in [3.63, 3.8) is 0 Å². The number of unbranched alkanes of at least 4 members (excludes halogenated alkanes) is 2. The maximum absolute atomic E-state index is 15.2. The number of thioether (sulfide) groups is 2. The van der Waals surface area contributed by atoms with Crippen molar-refractivity contribution in [3.8, 4) is 11.1 Å². The number of ketones is 3. The Morgan fingerprint density at radius 1 is 0.829 bits per heavy atom. The molecule has 4 rings (SSSR count). The van der Waals surface area contributed by atoms with E-state index in [1.165, 1.54) is 23.6 Å². The number of nitrogens with one attached hydrogen (secondary N) is 2. The van der Waals surface area contributed by atoms with Gasteiger partial charge in [0, 0.05) is 105 Å². The van der Waals surface area contributed by atoms with Gasteiger partial charge in [0.15, 0.2) is 5.78 Å². The summed E-state index contributed by atoms with van der Waals surface area (Å²) >= 11 is 2.13. The number of imide groups is 1. The molecule has 1 aromatic heterocycles. The number of carboxylic acid groups (broad SMARTS) is 2. The Bertz CT molecular complexity index is 2720. The molecule has 1 unspecified atom stereocenters. The number of hydrogen-bond acceptors (Lipinski definition) is 13. The van der Waals surface area contributed by atoms with Crippen molar-refractivity contribution in [2.45, 2.75) is 144 Å². The maximum Gasteiger partial charge on any atom is 0.326 e. The molecule has 6 atom stereocenters. The maximum atomic E-state index is 15.2. The van der Waals surface area contributed by atoms with E-state index in [4.69, 9.17) is 5.73 Å². The van der Waals surface area contributed by atoms with E-state index in [0.717, 1.165) is 35.5 Å². The molecule has 3 aromatic rings. The number of rotatable bonds is 37. The number of aromatic nitrogens is 1. The van der Waals surface area contributed by atoms with Crippen LogP contribution in [-0.4, -0.2) is 138 Å². The Morgan fingerprint density at radius 3 is 2.16 bits per heavy atom. The molecule has 1 aliphatic rings. The Labute approximate surface area is 488 Å². The van der Waals surface area contributed by atoms with Crippen molar-refractivity contribution >= 4 is 82.3 Å². The standard InChI is InChI=1S/C60H82F2N6O12S2/c1-37(2)46(31-44(69)17-12-9-13-24-68-53(73)27-38(3)57(68)76)56(75)64-39(4)51(71)29-42(58(77)78)34-82-35-45(70)19-21-49(59(79)80)65-52(72)22-26-81-36-54(74)67(25-14-23-63)55(60(5,6)7)50-28-41(47-30-43(61)18-20-48(47)62)33-66(50)32-40-15-10-8-11-16-40/h8,10-11,15-16,18,20,28,30,33,37-39,42,46,49,55H,9,12-14,17,19,21-27,29,31-32,34-36,63H2,1-7H3,(H,64,75)(H,65,72)(H,77,78)(H,79,80)/t38?,39-,42-,46-,49+,55-/m0/s1. The number of likely N-dealkylation sites (tertiary alicyclic amines) is 1. The van der Waals surface area contributed by atoms with Crippen LogP contribution in [0.2, 0.25) is 0 Å². The molecule has 0 radical (unpaired) electrons. The van der Waals surface area contributed by atoms with E-state index in [2.05, 4.69) is 10.6 Å². The molecule has 0 saturated carbocycles. The highest BCUT2D eigenvalue weighted by atomic mass is 32.2. The van der Waals surface area contributed by atoms with E-state index in [9.17, 15) is 62.5 Å². The van der Waals surface area contributed by atoms with Gasteiger partial charge in [0.05, 0.1) is 29.5 Å². The summed E-state index contributed by atoms with van der Waals surface area (Å²) in [6.07, 6.45) is 3.16. The first-order valence-corrected chi connectivity index (χ1v) is 30.3.